The molecular formula is C20H22N2O3. The van der Waals surface area contributed by atoms with Crippen molar-refractivity contribution in [3.05, 3.63) is 53.6 Å². The molecule has 0 aliphatic rings. The molecule has 0 aromatic heterocycles. The van der Waals surface area contributed by atoms with Gasteiger partial charge in [0.15, 0.2) is 0 Å². The fourth-order valence-electron chi connectivity index (χ4n) is 2.61. The first-order valence-corrected chi connectivity index (χ1v) is 8.12. The molecule has 0 saturated carbocycles. The number of hydrogen-bond donors (Lipinski definition) is 1. The summed E-state index contributed by atoms with van der Waals surface area (Å²) in [5.74, 6) is 0.130. The van der Waals surface area contributed by atoms with Gasteiger partial charge in [-0.25, -0.2) is 0 Å². The minimum absolute atomic E-state index is 0.268. The van der Waals surface area contributed by atoms with Crippen LogP contribution in [0.4, 0.5) is 5.69 Å². The number of methoxy groups -OCH3 is 2. The Hall–Kier alpha value is -3.00. The highest BCUT2D eigenvalue weighted by Gasteiger charge is 2.21. The number of nitrogens with one attached hydrogen (secondary N) is 1. The van der Waals surface area contributed by atoms with E-state index in [0.29, 0.717) is 11.5 Å². The number of aryl methyl sites for hydroxylation is 1. The van der Waals surface area contributed by atoms with Crippen LogP contribution < -0.4 is 14.8 Å². The van der Waals surface area contributed by atoms with Gasteiger partial charge in [0.05, 0.1) is 20.3 Å². The molecule has 0 spiro atoms. The van der Waals surface area contributed by atoms with E-state index in [1.807, 2.05) is 37.3 Å². The number of ether oxygens (including phenoxy) is 2. The maximum absolute atomic E-state index is 12.5. The zero-order chi connectivity index (χ0) is 18.2. The maximum Gasteiger partial charge on any atom is 0.242 e. The highest BCUT2D eigenvalue weighted by atomic mass is 16.5. The summed E-state index contributed by atoms with van der Waals surface area (Å²) in [6.45, 7) is 2.02. The number of carbonyl (C=O) groups excluding carboxylic acids is 1. The van der Waals surface area contributed by atoms with Crippen LogP contribution in [0.2, 0.25) is 0 Å². The predicted octanol–water partition coefficient (Wildman–Crippen LogP) is 3.59. The average molecular weight is 338 g/mol. The SMILES string of the molecule is CCc1ccccc1NC(=O)[C@H](C#N)Cc1ccc(OC)cc1OC. The van der Waals surface area contributed by atoms with Crippen LogP contribution in [0.5, 0.6) is 11.5 Å². The predicted molar refractivity (Wildman–Crippen MR) is 96.8 cm³/mol. The summed E-state index contributed by atoms with van der Waals surface area (Å²) in [5, 5.41) is 12.3. The molecule has 0 saturated heterocycles. The molecule has 0 bridgehead atoms. The number of carbonyl (C=O) groups is 1. The van der Waals surface area contributed by atoms with Gasteiger partial charge in [0.2, 0.25) is 5.91 Å². The second-order valence-electron chi connectivity index (χ2n) is 5.56. The Balaban J connectivity index is 2.17. The largest absolute Gasteiger partial charge is 0.497 e. The van der Waals surface area contributed by atoms with Gasteiger partial charge in [0, 0.05) is 18.2 Å². The third-order valence-corrected chi connectivity index (χ3v) is 4.05. The number of anilines is 1. The lowest BCUT2D eigenvalue weighted by atomic mass is 9.98. The van der Waals surface area contributed by atoms with Crippen molar-refractivity contribution >= 4 is 11.6 Å². The molecule has 0 fully saturated rings. The molecule has 1 amide bonds. The van der Waals surface area contributed by atoms with Crippen LogP contribution >= 0.6 is 0 Å². The minimum atomic E-state index is -0.813. The highest BCUT2D eigenvalue weighted by molar-refractivity contribution is 5.95. The summed E-state index contributed by atoms with van der Waals surface area (Å²) < 4.78 is 10.5. The summed E-state index contributed by atoms with van der Waals surface area (Å²) in [5.41, 5.74) is 2.57. The summed E-state index contributed by atoms with van der Waals surface area (Å²) in [4.78, 5) is 12.5. The van der Waals surface area contributed by atoms with Crippen molar-refractivity contribution in [2.24, 2.45) is 5.92 Å². The van der Waals surface area contributed by atoms with Crippen LogP contribution in [0.15, 0.2) is 42.5 Å². The van der Waals surface area contributed by atoms with E-state index in [1.165, 1.54) is 0 Å². The number of nitrogens with zero attached hydrogens (tertiary/aromatic N) is 1. The number of benzene rings is 2. The molecule has 2 rings (SSSR count). The molecule has 2 aromatic rings. The van der Waals surface area contributed by atoms with Crippen LogP contribution in [0.1, 0.15) is 18.1 Å². The van der Waals surface area contributed by atoms with Crippen molar-refractivity contribution in [2.45, 2.75) is 19.8 Å². The van der Waals surface area contributed by atoms with Crippen LogP contribution in [-0.4, -0.2) is 20.1 Å². The number of nitriles is 1. The lowest BCUT2D eigenvalue weighted by Gasteiger charge is -2.15. The van der Waals surface area contributed by atoms with E-state index >= 15 is 0 Å². The average Bonchev–Trinajstić information content (AvgIpc) is 2.66. The Kier molecular flexibility index (Phi) is 6.41. The van der Waals surface area contributed by atoms with Gasteiger partial charge in [-0.1, -0.05) is 31.2 Å². The quantitative estimate of drug-likeness (QED) is 0.837. The van der Waals surface area contributed by atoms with Gasteiger partial charge in [0.1, 0.15) is 17.4 Å². The fraction of sp³-hybridized carbons (Fsp3) is 0.300. The summed E-state index contributed by atoms with van der Waals surface area (Å²) >= 11 is 0. The Bertz CT molecular complexity index is 781. The third kappa shape index (κ3) is 4.51. The molecule has 25 heavy (non-hydrogen) atoms. The summed E-state index contributed by atoms with van der Waals surface area (Å²) in [7, 11) is 3.13. The Morgan fingerprint density at radius 3 is 2.56 bits per heavy atom. The molecule has 0 radical (unpaired) electrons. The number of para-hydroxylation sites is 1. The third-order valence-electron chi connectivity index (χ3n) is 4.05. The Labute approximate surface area is 148 Å². The van der Waals surface area contributed by atoms with Gasteiger partial charge < -0.3 is 14.8 Å². The van der Waals surface area contributed by atoms with Crippen LogP contribution in [0.3, 0.4) is 0 Å². The van der Waals surface area contributed by atoms with Crippen molar-refractivity contribution in [1.82, 2.24) is 0 Å². The molecule has 0 heterocycles. The molecule has 130 valence electrons. The molecular weight excluding hydrogens is 316 g/mol. The van der Waals surface area contributed by atoms with E-state index in [1.54, 1.807) is 26.4 Å². The minimum Gasteiger partial charge on any atom is -0.497 e. The second-order valence-corrected chi connectivity index (χ2v) is 5.56. The van der Waals surface area contributed by atoms with E-state index in [2.05, 4.69) is 11.4 Å². The number of rotatable bonds is 7. The molecule has 5 nitrogen and oxygen atoms in total. The first-order valence-electron chi connectivity index (χ1n) is 8.12. The first-order chi connectivity index (χ1) is 12.1. The molecule has 0 unspecified atom stereocenters. The van der Waals surface area contributed by atoms with Gasteiger partial charge >= 0.3 is 0 Å². The number of amides is 1. The molecule has 5 heteroatoms. The first kappa shape index (κ1) is 18.3. The standard InChI is InChI=1S/C20H22N2O3/c1-4-14-7-5-6-8-18(14)22-20(23)16(13-21)11-15-9-10-17(24-2)12-19(15)25-3/h5-10,12,16H,4,11H2,1-3H3,(H,22,23)/t16-/m0/s1. The maximum atomic E-state index is 12.5. The van der Waals surface area contributed by atoms with Gasteiger partial charge in [-0.15, -0.1) is 0 Å². The highest BCUT2D eigenvalue weighted by Crippen LogP contribution is 2.27. The number of hydrogen-bond acceptors (Lipinski definition) is 4. The summed E-state index contributed by atoms with van der Waals surface area (Å²) in [6, 6.07) is 15.0. The zero-order valence-corrected chi connectivity index (χ0v) is 14.7. The van der Waals surface area contributed by atoms with Crippen LogP contribution in [0, 0.1) is 17.2 Å². The summed E-state index contributed by atoms with van der Waals surface area (Å²) in [6.07, 6.45) is 1.07. The van der Waals surface area contributed by atoms with Gasteiger partial charge in [-0.3, -0.25) is 4.79 Å². The van der Waals surface area contributed by atoms with Crippen molar-refractivity contribution < 1.29 is 14.3 Å². The van der Waals surface area contributed by atoms with E-state index in [0.717, 1.165) is 23.2 Å². The molecule has 2 aromatic carbocycles. The fourth-order valence-corrected chi connectivity index (χ4v) is 2.61. The van der Waals surface area contributed by atoms with Gasteiger partial charge in [0.25, 0.3) is 0 Å². The van der Waals surface area contributed by atoms with Gasteiger partial charge in [-0.05, 0) is 29.7 Å². The monoisotopic (exact) mass is 338 g/mol. The molecule has 0 aliphatic carbocycles. The van der Waals surface area contributed by atoms with E-state index in [9.17, 15) is 10.1 Å². The Morgan fingerprint density at radius 2 is 1.92 bits per heavy atom. The van der Waals surface area contributed by atoms with E-state index in [-0.39, 0.29) is 12.3 Å². The van der Waals surface area contributed by atoms with Crippen molar-refractivity contribution in [2.75, 3.05) is 19.5 Å². The van der Waals surface area contributed by atoms with Gasteiger partial charge in [-0.2, -0.15) is 5.26 Å². The lowest BCUT2D eigenvalue weighted by molar-refractivity contribution is -0.118. The molecule has 1 atom stereocenters. The van der Waals surface area contributed by atoms with E-state index < -0.39 is 5.92 Å². The normalized spacial score (nSPS) is 11.3. The second kappa shape index (κ2) is 8.74. The smallest absolute Gasteiger partial charge is 0.242 e. The lowest BCUT2D eigenvalue weighted by Crippen LogP contribution is -2.24. The topological polar surface area (TPSA) is 71.4 Å². The molecule has 0 aliphatic heterocycles. The Morgan fingerprint density at radius 1 is 1.16 bits per heavy atom. The van der Waals surface area contributed by atoms with Crippen molar-refractivity contribution in [3.63, 3.8) is 0 Å². The van der Waals surface area contributed by atoms with Crippen LogP contribution in [0.25, 0.3) is 0 Å². The van der Waals surface area contributed by atoms with Crippen LogP contribution in [-0.2, 0) is 17.6 Å². The van der Waals surface area contributed by atoms with Crippen molar-refractivity contribution in [1.29, 1.82) is 5.26 Å². The van der Waals surface area contributed by atoms with Crippen molar-refractivity contribution in [3.8, 4) is 17.6 Å². The van der Waals surface area contributed by atoms with E-state index in [4.69, 9.17) is 9.47 Å². The molecule has 1 N–H and O–H groups in total. The zero-order valence-electron chi connectivity index (χ0n) is 14.7.